The lowest BCUT2D eigenvalue weighted by molar-refractivity contribution is -0.120. The van der Waals surface area contributed by atoms with Gasteiger partial charge in [-0.1, -0.05) is 18.2 Å². The summed E-state index contributed by atoms with van der Waals surface area (Å²) in [6.45, 7) is 0. The van der Waals surface area contributed by atoms with Gasteiger partial charge in [0.25, 0.3) is 0 Å². The van der Waals surface area contributed by atoms with Crippen molar-refractivity contribution in [1.29, 1.82) is 0 Å². The number of carbonyl (C=O) groups excluding carboxylic acids is 1. The lowest BCUT2D eigenvalue weighted by Gasteiger charge is -2.20. The first kappa shape index (κ1) is 9.64. The normalized spacial score (nSPS) is 21.5. The number of carbonyl (C=O) groups is 1. The van der Waals surface area contributed by atoms with Gasteiger partial charge in [0.1, 0.15) is 5.78 Å². The van der Waals surface area contributed by atoms with Crippen molar-refractivity contribution in [2.45, 2.75) is 31.6 Å². The molecule has 1 heterocycles. The average molecular weight is 213 g/mol. The lowest BCUT2D eigenvalue weighted by atomic mass is 9.83. The van der Waals surface area contributed by atoms with Crippen LogP contribution in [-0.4, -0.2) is 10.8 Å². The number of para-hydroxylation sites is 1. The van der Waals surface area contributed by atoms with Gasteiger partial charge in [-0.2, -0.15) is 0 Å². The number of aromatic amines is 1. The summed E-state index contributed by atoms with van der Waals surface area (Å²) in [6, 6.07) is 8.32. The van der Waals surface area contributed by atoms with Gasteiger partial charge in [-0.15, -0.1) is 0 Å². The highest BCUT2D eigenvalue weighted by Crippen LogP contribution is 2.34. The van der Waals surface area contributed by atoms with Crippen molar-refractivity contribution >= 4 is 16.7 Å². The van der Waals surface area contributed by atoms with Crippen LogP contribution in [0.4, 0.5) is 0 Å². The van der Waals surface area contributed by atoms with Gasteiger partial charge < -0.3 is 4.98 Å². The quantitative estimate of drug-likeness (QED) is 0.773. The summed E-state index contributed by atoms with van der Waals surface area (Å²) in [6.07, 6.45) is 5.77. The number of nitrogens with one attached hydrogen (secondary N) is 1. The second-order valence-electron chi connectivity index (χ2n) is 4.62. The molecule has 1 aromatic heterocycles. The van der Waals surface area contributed by atoms with Crippen LogP contribution in [0.25, 0.3) is 10.9 Å². The Morgan fingerprint density at radius 3 is 3.00 bits per heavy atom. The topological polar surface area (TPSA) is 32.9 Å². The Hall–Kier alpha value is -1.57. The molecular formula is C14H15NO. The Balaban J connectivity index is 2.02. The molecule has 2 aromatic rings. The molecule has 0 radical (unpaired) electrons. The molecule has 1 atom stereocenters. The van der Waals surface area contributed by atoms with Crippen LogP contribution in [-0.2, 0) is 4.79 Å². The van der Waals surface area contributed by atoms with Crippen LogP contribution >= 0.6 is 0 Å². The Bertz CT molecular complexity index is 526. The SMILES string of the molecule is O=C1CCCC(c2c[nH]c3ccccc23)C1. The highest BCUT2D eigenvalue weighted by Gasteiger charge is 2.22. The molecule has 82 valence electrons. The van der Waals surface area contributed by atoms with E-state index in [0.717, 1.165) is 25.7 Å². The van der Waals surface area contributed by atoms with Crippen molar-refractivity contribution in [3.8, 4) is 0 Å². The number of fused-ring (bicyclic) bond motifs is 1. The van der Waals surface area contributed by atoms with Crippen molar-refractivity contribution < 1.29 is 4.79 Å². The summed E-state index contributed by atoms with van der Waals surface area (Å²) in [7, 11) is 0. The van der Waals surface area contributed by atoms with Gasteiger partial charge in [-0.25, -0.2) is 0 Å². The monoisotopic (exact) mass is 213 g/mol. The maximum atomic E-state index is 11.5. The van der Waals surface area contributed by atoms with Crippen LogP contribution in [0, 0.1) is 0 Å². The van der Waals surface area contributed by atoms with Gasteiger partial charge in [0.05, 0.1) is 0 Å². The Labute approximate surface area is 94.7 Å². The predicted molar refractivity (Wildman–Crippen MR) is 64.5 cm³/mol. The molecule has 1 unspecified atom stereocenters. The molecule has 0 bridgehead atoms. The zero-order valence-corrected chi connectivity index (χ0v) is 9.20. The molecule has 0 amide bonds. The number of rotatable bonds is 1. The van der Waals surface area contributed by atoms with Crippen LogP contribution in [0.15, 0.2) is 30.5 Å². The van der Waals surface area contributed by atoms with E-state index < -0.39 is 0 Å². The number of H-pyrrole nitrogens is 1. The minimum absolute atomic E-state index is 0.418. The van der Waals surface area contributed by atoms with Crippen molar-refractivity contribution in [2.75, 3.05) is 0 Å². The summed E-state index contributed by atoms with van der Waals surface area (Å²) in [4.78, 5) is 14.8. The third-order valence-electron chi connectivity index (χ3n) is 3.54. The highest BCUT2D eigenvalue weighted by molar-refractivity contribution is 5.86. The van der Waals surface area contributed by atoms with Crippen LogP contribution in [0.3, 0.4) is 0 Å². The van der Waals surface area contributed by atoms with E-state index in [2.05, 4.69) is 29.4 Å². The van der Waals surface area contributed by atoms with E-state index in [1.807, 2.05) is 6.07 Å². The Morgan fingerprint density at radius 1 is 1.25 bits per heavy atom. The minimum atomic E-state index is 0.418. The number of hydrogen-bond acceptors (Lipinski definition) is 1. The van der Waals surface area contributed by atoms with E-state index in [1.165, 1.54) is 16.5 Å². The average Bonchev–Trinajstić information content (AvgIpc) is 2.72. The fraction of sp³-hybridized carbons (Fsp3) is 0.357. The molecule has 1 N–H and O–H groups in total. The van der Waals surface area contributed by atoms with Gasteiger partial charge in [0.2, 0.25) is 0 Å². The first-order valence-electron chi connectivity index (χ1n) is 5.92. The summed E-state index contributed by atoms with van der Waals surface area (Å²) in [5.74, 6) is 0.846. The molecule has 1 aliphatic carbocycles. The molecule has 1 aliphatic rings. The maximum absolute atomic E-state index is 11.5. The fourth-order valence-corrected chi connectivity index (χ4v) is 2.72. The van der Waals surface area contributed by atoms with E-state index in [9.17, 15) is 4.79 Å². The van der Waals surface area contributed by atoms with Crippen molar-refractivity contribution in [3.05, 3.63) is 36.0 Å². The predicted octanol–water partition coefficient (Wildman–Crippen LogP) is 3.39. The van der Waals surface area contributed by atoms with Crippen molar-refractivity contribution in [2.24, 2.45) is 0 Å². The molecule has 16 heavy (non-hydrogen) atoms. The molecule has 2 nitrogen and oxygen atoms in total. The summed E-state index contributed by atoms with van der Waals surface area (Å²) in [5.41, 5.74) is 2.50. The van der Waals surface area contributed by atoms with E-state index >= 15 is 0 Å². The van der Waals surface area contributed by atoms with Gasteiger partial charge in [0, 0.05) is 29.9 Å². The second kappa shape index (κ2) is 3.78. The number of benzene rings is 1. The van der Waals surface area contributed by atoms with Crippen molar-refractivity contribution in [1.82, 2.24) is 4.98 Å². The zero-order valence-electron chi connectivity index (χ0n) is 9.20. The fourth-order valence-electron chi connectivity index (χ4n) is 2.72. The Kier molecular flexibility index (Phi) is 2.28. The van der Waals surface area contributed by atoms with Gasteiger partial charge in [0.15, 0.2) is 0 Å². The first-order valence-corrected chi connectivity index (χ1v) is 5.92. The van der Waals surface area contributed by atoms with Crippen LogP contribution in [0.1, 0.15) is 37.2 Å². The maximum Gasteiger partial charge on any atom is 0.133 e. The largest absolute Gasteiger partial charge is 0.361 e. The van der Waals surface area contributed by atoms with E-state index in [4.69, 9.17) is 0 Å². The van der Waals surface area contributed by atoms with Crippen LogP contribution in [0.2, 0.25) is 0 Å². The molecule has 0 spiro atoms. The van der Waals surface area contributed by atoms with Gasteiger partial charge >= 0.3 is 0 Å². The van der Waals surface area contributed by atoms with Gasteiger partial charge in [-0.3, -0.25) is 4.79 Å². The molecule has 0 aliphatic heterocycles. The van der Waals surface area contributed by atoms with Crippen LogP contribution in [0.5, 0.6) is 0 Å². The number of Topliss-reactive ketones (excluding diaryl/α,β-unsaturated/α-hetero) is 1. The molecule has 2 heteroatoms. The molecule has 1 aromatic carbocycles. The van der Waals surface area contributed by atoms with E-state index in [-0.39, 0.29) is 0 Å². The van der Waals surface area contributed by atoms with Gasteiger partial charge in [-0.05, 0) is 30.4 Å². The number of aromatic nitrogens is 1. The number of hydrogen-bond donors (Lipinski definition) is 1. The minimum Gasteiger partial charge on any atom is -0.361 e. The molecule has 1 fully saturated rings. The first-order chi connectivity index (χ1) is 7.84. The third kappa shape index (κ3) is 1.54. The smallest absolute Gasteiger partial charge is 0.133 e. The van der Waals surface area contributed by atoms with Crippen LogP contribution < -0.4 is 0 Å². The summed E-state index contributed by atoms with van der Waals surface area (Å²) >= 11 is 0. The molecular weight excluding hydrogens is 198 g/mol. The molecule has 1 saturated carbocycles. The van der Waals surface area contributed by atoms with Crippen molar-refractivity contribution in [3.63, 3.8) is 0 Å². The zero-order chi connectivity index (χ0) is 11.0. The van der Waals surface area contributed by atoms with E-state index in [0.29, 0.717) is 11.7 Å². The lowest BCUT2D eigenvalue weighted by Crippen LogP contribution is -2.12. The highest BCUT2D eigenvalue weighted by atomic mass is 16.1. The summed E-state index contributed by atoms with van der Waals surface area (Å²) in [5, 5.41) is 1.28. The third-order valence-corrected chi connectivity index (χ3v) is 3.54. The number of ketones is 1. The molecule has 0 saturated heterocycles. The summed E-state index contributed by atoms with van der Waals surface area (Å²) < 4.78 is 0. The Morgan fingerprint density at radius 2 is 2.12 bits per heavy atom. The second-order valence-corrected chi connectivity index (χ2v) is 4.62. The van der Waals surface area contributed by atoms with E-state index in [1.54, 1.807) is 0 Å². The molecule has 3 rings (SSSR count). The standard InChI is InChI=1S/C14H15NO/c16-11-5-3-4-10(8-11)13-9-15-14-7-2-1-6-12(13)14/h1-2,6-7,9-10,15H,3-5,8H2.